The molecule has 1 aromatic rings. The molecular formula is C16H24ClNO2. The van der Waals surface area contributed by atoms with Crippen molar-refractivity contribution in [2.24, 2.45) is 0 Å². The Labute approximate surface area is 126 Å². The van der Waals surface area contributed by atoms with Crippen molar-refractivity contribution in [3.8, 4) is 11.5 Å². The molecule has 1 aliphatic rings. The quantitative estimate of drug-likeness (QED) is 0.884. The van der Waals surface area contributed by atoms with Gasteiger partial charge in [-0.3, -0.25) is 4.90 Å². The minimum atomic E-state index is 0.220. The van der Waals surface area contributed by atoms with Gasteiger partial charge in [0.15, 0.2) is 11.5 Å². The summed E-state index contributed by atoms with van der Waals surface area (Å²) in [6.07, 6.45) is 6.22. The highest BCUT2D eigenvalue weighted by atomic mass is 35.5. The zero-order valence-corrected chi connectivity index (χ0v) is 13.1. The summed E-state index contributed by atoms with van der Waals surface area (Å²) in [5.41, 5.74) is 0.859. The van der Waals surface area contributed by atoms with E-state index in [9.17, 15) is 5.11 Å². The zero-order chi connectivity index (χ0) is 14.5. The molecule has 0 saturated carbocycles. The van der Waals surface area contributed by atoms with Crippen LogP contribution in [0.3, 0.4) is 0 Å². The topological polar surface area (TPSA) is 32.7 Å². The molecule has 0 aromatic heterocycles. The molecule has 1 aromatic carbocycles. The summed E-state index contributed by atoms with van der Waals surface area (Å²) in [7, 11) is 1.55. The van der Waals surface area contributed by atoms with Crippen LogP contribution in [0.1, 0.15) is 44.6 Å². The van der Waals surface area contributed by atoms with Crippen molar-refractivity contribution in [1.29, 1.82) is 0 Å². The molecular weight excluding hydrogens is 274 g/mol. The number of piperidine rings is 1. The second kappa shape index (κ2) is 7.19. The first-order valence-corrected chi connectivity index (χ1v) is 7.83. The van der Waals surface area contributed by atoms with E-state index in [2.05, 4.69) is 11.8 Å². The van der Waals surface area contributed by atoms with E-state index < -0.39 is 0 Å². The van der Waals surface area contributed by atoms with Gasteiger partial charge in [0.1, 0.15) is 0 Å². The van der Waals surface area contributed by atoms with Gasteiger partial charge in [0, 0.05) is 29.2 Å². The molecule has 1 aliphatic heterocycles. The Morgan fingerprint density at radius 2 is 2.20 bits per heavy atom. The van der Waals surface area contributed by atoms with Crippen molar-refractivity contribution >= 4 is 11.6 Å². The smallest absolute Gasteiger partial charge is 0.162 e. The summed E-state index contributed by atoms with van der Waals surface area (Å²) in [5, 5.41) is 10.9. The van der Waals surface area contributed by atoms with Gasteiger partial charge in [-0.1, -0.05) is 31.4 Å². The van der Waals surface area contributed by atoms with Gasteiger partial charge < -0.3 is 9.84 Å². The van der Waals surface area contributed by atoms with Gasteiger partial charge in [0.25, 0.3) is 0 Å². The number of methoxy groups -OCH3 is 1. The maximum atomic E-state index is 10.2. The van der Waals surface area contributed by atoms with Gasteiger partial charge in [-0.25, -0.2) is 0 Å². The van der Waals surface area contributed by atoms with Gasteiger partial charge in [0.05, 0.1) is 7.11 Å². The minimum absolute atomic E-state index is 0.220. The van der Waals surface area contributed by atoms with E-state index >= 15 is 0 Å². The molecule has 112 valence electrons. The highest BCUT2D eigenvalue weighted by Gasteiger charge is 2.23. The lowest BCUT2D eigenvalue weighted by Crippen LogP contribution is -2.38. The van der Waals surface area contributed by atoms with Crippen LogP contribution in [0.15, 0.2) is 12.1 Å². The lowest BCUT2D eigenvalue weighted by molar-refractivity contribution is 0.130. The minimum Gasteiger partial charge on any atom is -0.504 e. The third kappa shape index (κ3) is 3.58. The molecule has 1 atom stereocenters. The molecule has 1 heterocycles. The highest BCUT2D eigenvalue weighted by molar-refractivity contribution is 6.30. The van der Waals surface area contributed by atoms with Crippen molar-refractivity contribution in [3.63, 3.8) is 0 Å². The molecule has 1 fully saturated rings. The summed E-state index contributed by atoms with van der Waals surface area (Å²) in [6.45, 7) is 4.07. The Balaban J connectivity index is 2.17. The molecule has 1 N–H and O–H groups in total. The van der Waals surface area contributed by atoms with Crippen LogP contribution in [0.2, 0.25) is 5.02 Å². The average Bonchev–Trinajstić information content (AvgIpc) is 2.44. The number of phenols is 1. The first kappa shape index (κ1) is 15.5. The monoisotopic (exact) mass is 297 g/mol. The molecule has 2 rings (SSSR count). The van der Waals surface area contributed by atoms with Crippen LogP contribution in [0.25, 0.3) is 0 Å². The maximum Gasteiger partial charge on any atom is 0.162 e. The molecule has 4 heteroatoms. The summed E-state index contributed by atoms with van der Waals surface area (Å²) in [4.78, 5) is 2.47. The molecule has 1 saturated heterocycles. The number of likely N-dealkylation sites (tertiary alicyclic amines) is 1. The molecule has 3 nitrogen and oxygen atoms in total. The predicted molar refractivity (Wildman–Crippen MR) is 82.6 cm³/mol. The van der Waals surface area contributed by atoms with Gasteiger partial charge in [-0.15, -0.1) is 0 Å². The molecule has 0 bridgehead atoms. The fourth-order valence-electron chi connectivity index (χ4n) is 3.05. The van der Waals surface area contributed by atoms with Gasteiger partial charge in [-0.2, -0.15) is 0 Å². The van der Waals surface area contributed by atoms with Crippen molar-refractivity contribution in [2.45, 2.75) is 51.6 Å². The Hall–Kier alpha value is -0.930. The van der Waals surface area contributed by atoms with E-state index in [0.29, 0.717) is 16.8 Å². The summed E-state index contributed by atoms with van der Waals surface area (Å²) < 4.78 is 5.18. The third-order valence-corrected chi connectivity index (χ3v) is 4.30. The van der Waals surface area contributed by atoms with E-state index in [-0.39, 0.29) is 5.75 Å². The number of nitrogens with zero attached hydrogens (tertiary/aromatic N) is 1. The van der Waals surface area contributed by atoms with Crippen molar-refractivity contribution in [1.82, 2.24) is 4.90 Å². The fraction of sp³-hybridized carbons (Fsp3) is 0.625. The lowest BCUT2D eigenvalue weighted by atomic mass is 9.97. The van der Waals surface area contributed by atoms with Crippen molar-refractivity contribution in [2.75, 3.05) is 13.7 Å². The number of hydrogen-bond donors (Lipinski definition) is 1. The molecule has 0 aliphatic carbocycles. The summed E-state index contributed by atoms with van der Waals surface area (Å²) >= 11 is 6.11. The third-order valence-electron chi connectivity index (χ3n) is 4.08. The first-order valence-electron chi connectivity index (χ1n) is 7.45. The number of aromatic hydroxyl groups is 1. The van der Waals surface area contributed by atoms with E-state index in [4.69, 9.17) is 16.3 Å². The van der Waals surface area contributed by atoms with Crippen LogP contribution in [0, 0.1) is 0 Å². The predicted octanol–water partition coefficient (Wildman–Crippen LogP) is 4.21. The van der Waals surface area contributed by atoms with E-state index in [1.807, 2.05) is 6.07 Å². The first-order chi connectivity index (χ1) is 9.65. The Bertz CT molecular complexity index is 448. The van der Waals surface area contributed by atoms with Crippen molar-refractivity contribution in [3.05, 3.63) is 22.7 Å². The Kier molecular flexibility index (Phi) is 5.55. The zero-order valence-electron chi connectivity index (χ0n) is 12.4. The van der Waals surface area contributed by atoms with Crippen LogP contribution in [0.5, 0.6) is 11.5 Å². The Morgan fingerprint density at radius 1 is 1.40 bits per heavy atom. The number of halogens is 1. The van der Waals surface area contributed by atoms with Crippen LogP contribution < -0.4 is 4.74 Å². The normalized spacial score (nSPS) is 20.1. The highest BCUT2D eigenvalue weighted by Crippen LogP contribution is 2.35. The van der Waals surface area contributed by atoms with Crippen LogP contribution >= 0.6 is 11.6 Å². The molecule has 0 spiro atoms. The largest absolute Gasteiger partial charge is 0.504 e. The average molecular weight is 298 g/mol. The van der Waals surface area contributed by atoms with Gasteiger partial charge >= 0.3 is 0 Å². The lowest BCUT2D eigenvalue weighted by Gasteiger charge is -2.36. The second-order valence-electron chi connectivity index (χ2n) is 5.52. The fourth-order valence-corrected chi connectivity index (χ4v) is 3.28. The van der Waals surface area contributed by atoms with Crippen molar-refractivity contribution < 1.29 is 9.84 Å². The molecule has 0 radical (unpaired) electrons. The summed E-state index contributed by atoms with van der Waals surface area (Å²) in [5.74, 6) is 0.675. The van der Waals surface area contributed by atoms with Crippen LogP contribution in [-0.2, 0) is 6.54 Å². The SMILES string of the molecule is CCCC1CCCCN1Cc1cc(Cl)cc(OC)c1O. The van der Waals surface area contributed by atoms with Crippen LogP contribution in [0.4, 0.5) is 0 Å². The second-order valence-corrected chi connectivity index (χ2v) is 5.96. The Morgan fingerprint density at radius 3 is 2.90 bits per heavy atom. The van der Waals surface area contributed by atoms with Gasteiger partial charge in [0.2, 0.25) is 0 Å². The standard InChI is InChI=1S/C16H24ClNO2/c1-3-6-14-7-4-5-8-18(14)11-12-9-13(17)10-15(20-2)16(12)19/h9-10,14,19H,3-8,11H2,1-2H3. The molecule has 20 heavy (non-hydrogen) atoms. The van der Waals surface area contributed by atoms with Crippen LogP contribution in [-0.4, -0.2) is 29.7 Å². The van der Waals surface area contributed by atoms with Gasteiger partial charge in [-0.05, 0) is 31.9 Å². The molecule has 1 unspecified atom stereocenters. The number of hydrogen-bond acceptors (Lipinski definition) is 3. The molecule has 0 amide bonds. The maximum absolute atomic E-state index is 10.2. The number of phenolic OH excluding ortho intramolecular Hbond substituents is 1. The summed E-state index contributed by atoms with van der Waals surface area (Å²) in [6, 6.07) is 4.12. The van der Waals surface area contributed by atoms with E-state index in [1.165, 1.54) is 32.1 Å². The van der Waals surface area contributed by atoms with E-state index in [0.717, 1.165) is 18.7 Å². The van der Waals surface area contributed by atoms with E-state index in [1.54, 1.807) is 13.2 Å². The number of rotatable bonds is 5. The number of benzene rings is 1. The number of ether oxygens (including phenoxy) is 1.